The SMILES string of the molecule is COc1ccc(CCN(CCNC(=O)C(C)C)C(C)=O)cc1OC. The highest BCUT2D eigenvalue weighted by atomic mass is 16.5. The number of amides is 2. The summed E-state index contributed by atoms with van der Waals surface area (Å²) in [4.78, 5) is 25.1. The molecule has 6 nitrogen and oxygen atoms in total. The molecule has 0 bridgehead atoms. The lowest BCUT2D eigenvalue weighted by atomic mass is 10.1. The fourth-order valence-corrected chi connectivity index (χ4v) is 2.25. The van der Waals surface area contributed by atoms with E-state index in [9.17, 15) is 9.59 Å². The van der Waals surface area contributed by atoms with Crippen molar-refractivity contribution < 1.29 is 19.1 Å². The van der Waals surface area contributed by atoms with Crippen molar-refractivity contribution in [3.8, 4) is 11.5 Å². The summed E-state index contributed by atoms with van der Waals surface area (Å²) >= 11 is 0. The van der Waals surface area contributed by atoms with Crippen LogP contribution in [-0.4, -0.2) is 50.6 Å². The van der Waals surface area contributed by atoms with Gasteiger partial charge in [-0.05, 0) is 24.1 Å². The first kappa shape index (κ1) is 19.8. The van der Waals surface area contributed by atoms with E-state index in [1.165, 1.54) is 0 Å². The lowest BCUT2D eigenvalue weighted by molar-refractivity contribution is -0.129. The van der Waals surface area contributed by atoms with E-state index in [4.69, 9.17) is 9.47 Å². The van der Waals surface area contributed by atoms with Gasteiger partial charge < -0.3 is 19.7 Å². The second kappa shape index (κ2) is 9.80. The molecule has 2 amide bonds. The zero-order valence-corrected chi connectivity index (χ0v) is 15.2. The van der Waals surface area contributed by atoms with Gasteiger partial charge in [-0.1, -0.05) is 19.9 Å². The Morgan fingerprint density at radius 2 is 1.79 bits per heavy atom. The normalized spacial score (nSPS) is 10.4. The quantitative estimate of drug-likeness (QED) is 0.747. The van der Waals surface area contributed by atoms with Crippen LogP contribution in [0.25, 0.3) is 0 Å². The van der Waals surface area contributed by atoms with Crippen molar-refractivity contribution in [2.45, 2.75) is 27.2 Å². The molecule has 0 aliphatic heterocycles. The van der Waals surface area contributed by atoms with Crippen LogP contribution < -0.4 is 14.8 Å². The molecule has 0 atom stereocenters. The number of carbonyl (C=O) groups is 2. The molecule has 0 saturated carbocycles. The van der Waals surface area contributed by atoms with E-state index >= 15 is 0 Å². The van der Waals surface area contributed by atoms with E-state index < -0.39 is 0 Å². The van der Waals surface area contributed by atoms with Crippen LogP contribution in [0.1, 0.15) is 26.3 Å². The van der Waals surface area contributed by atoms with Crippen LogP contribution in [0.5, 0.6) is 11.5 Å². The molecule has 1 rings (SSSR count). The van der Waals surface area contributed by atoms with E-state index in [1.54, 1.807) is 26.0 Å². The number of ether oxygens (including phenoxy) is 2. The third-order valence-corrected chi connectivity index (χ3v) is 3.77. The Morgan fingerprint density at radius 3 is 2.33 bits per heavy atom. The fraction of sp³-hybridized carbons (Fsp3) is 0.556. The lowest BCUT2D eigenvalue weighted by Crippen LogP contribution is -2.39. The van der Waals surface area contributed by atoms with Gasteiger partial charge in [0, 0.05) is 32.5 Å². The highest BCUT2D eigenvalue weighted by Crippen LogP contribution is 2.27. The van der Waals surface area contributed by atoms with Crippen LogP contribution in [-0.2, 0) is 16.0 Å². The average Bonchev–Trinajstić information content (AvgIpc) is 2.56. The summed E-state index contributed by atoms with van der Waals surface area (Å²) in [5.41, 5.74) is 1.06. The van der Waals surface area contributed by atoms with Crippen LogP contribution in [0.3, 0.4) is 0 Å². The Hall–Kier alpha value is -2.24. The highest BCUT2D eigenvalue weighted by Gasteiger charge is 2.12. The largest absolute Gasteiger partial charge is 0.493 e. The van der Waals surface area contributed by atoms with E-state index in [2.05, 4.69) is 5.32 Å². The maximum atomic E-state index is 11.8. The van der Waals surface area contributed by atoms with Crippen molar-refractivity contribution in [1.29, 1.82) is 0 Å². The second-order valence-corrected chi connectivity index (χ2v) is 5.89. The van der Waals surface area contributed by atoms with Crippen LogP contribution in [0.15, 0.2) is 18.2 Å². The molecule has 6 heteroatoms. The van der Waals surface area contributed by atoms with Crippen molar-refractivity contribution in [1.82, 2.24) is 10.2 Å². The highest BCUT2D eigenvalue weighted by molar-refractivity contribution is 5.78. The predicted octanol–water partition coefficient (Wildman–Crippen LogP) is 1.87. The summed E-state index contributed by atoms with van der Waals surface area (Å²) in [6.07, 6.45) is 0.706. The van der Waals surface area contributed by atoms with Gasteiger partial charge >= 0.3 is 0 Å². The first-order valence-corrected chi connectivity index (χ1v) is 8.13. The molecule has 134 valence electrons. The smallest absolute Gasteiger partial charge is 0.222 e. The summed E-state index contributed by atoms with van der Waals surface area (Å²) in [5.74, 6) is 1.30. The Bertz CT molecular complexity index is 558. The number of carbonyl (C=O) groups excluding carboxylic acids is 2. The molecular weight excluding hydrogens is 308 g/mol. The van der Waals surface area contributed by atoms with E-state index in [0.717, 1.165) is 5.56 Å². The van der Waals surface area contributed by atoms with Gasteiger partial charge in [0.05, 0.1) is 14.2 Å². The molecule has 0 aliphatic rings. The molecule has 1 aromatic rings. The number of hydrogen-bond acceptors (Lipinski definition) is 4. The van der Waals surface area contributed by atoms with Gasteiger partial charge in [0.15, 0.2) is 11.5 Å². The maximum absolute atomic E-state index is 11.8. The molecule has 1 N–H and O–H groups in total. The van der Waals surface area contributed by atoms with Gasteiger partial charge in [-0.3, -0.25) is 9.59 Å². The first-order valence-electron chi connectivity index (χ1n) is 8.13. The Kier molecular flexibility index (Phi) is 8.09. The fourth-order valence-electron chi connectivity index (χ4n) is 2.25. The summed E-state index contributed by atoms with van der Waals surface area (Å²) in [6, 6.07) is 5.73. The van der Waals surface area contributed by atoms with Gasteiger partial charge in [-0.2, -0.15) is 0 Å². The number of nitrogens with one attached hydrogen (secondary N) is 1. The van der Waals surface area contributed by atoms with Crippen molar-refractivity contribution in [2.75, 3.05) is 33.9 Å². The Morgan fingerprint density at radius 1 is 1.12 bits per heavy atom. The minimum absolute atomic E-state index is 0.00149. The summed E-state index contributed by atoms with van der Waals surface area (Å²) in [7, 11) is 3.20. The van der Waals surface area contributed by atoms with Gasteiger partial charge in [0.1, 0.15) is 0 Å². The zero-order valence-electron chi connectivity index (χ0n) is 15.2. The van der Waals surface area contributed by atoms with Gasteiger partial charge in [0.25, 0.3) is 0 Å². The van der Waals surface area contributed by atoms with Crippen LogP contribution in [0.4, 0.5) is 0 Å². The topological polar surface area (TPSA) is 67.9 Å². The van der Waals surface area contributed by atoms with Gasteiger partial charge in [0.2, 0.25) is 11.8 Å². The van der Waals surface area contributed by atoms with Crippen molar-refractivity contribution >= 4 is 11.8 Å². The van der Waals surface area contributed by atoms with Crippen LogP contribution in [0.2, 0.25) is 0 Å². The van der Waals surface area contributed by atoms with Crippen LogP contribution >= 0.6 is 0 Å². The standard InChI is InChI=1S/C18H28N2O4/c1-13(2)18(22)19-9-11-20(14(3)21)10-8-15-6-7-16(23-4)17(12-15)24-5/h6-7,12-13H,8-11H2,1-5H3,(H,19,22). The molecule has 0 fully saturated rings. The monoisotopic (exact) mass is 336 g/mol. The Balaban J connectivity index is 2.57. The number of hydrogen-bond donors (Lipinski definition) is 1. The minimum Gasteiger partial charge on any atom is -0.493 e. The number of nitrogens with zero attached hydrogens (tertiary/aromatic N) is 1. The average molecular weight is 336 g/mol. The van der Waals surface area contributed by atoms with E-state index in [-0.39, 0.29) is 17.7 Å². The summed E-state index contributed by atoms with van der Waals surface area (Å²) < 4.78 is 10.5. The molecule has 1 aromatic carbocycles. The predicted molar refractivity (Wildman–Crippen MR) is 93.4 cm³/mol. The number of benzene rings is 1. The molecule has 0 saturated heterocycles. The molecule has 0 heterocycles. The second-order valence-electron chi connectivity index (χ2n) is 5.89. The number of rotatable bonds is 9. The van der Waals surface area contributed by atoms with Gasteiger partial charge in [-0.25, -0.2) is 0 Å². The van der Waals surface area contributed by atoms with E-state index in [0.29, 0.717) is 37.6 Å². The molecule has 0 spiro atoms. The molecule has 0 radical (unpaired) electrons. The van der Waals surface area contributed by atoms with Gasteiger partial charge in [-0.15, -0.1) is 0 Å². The summed E-state index contributed by atoms with van der Waals surface area (Å²) in [6.45, 7) is 6.77. The molecule has 0 aliphatic carbocycles. The first-order chi connectivity index (χ1) is 11.4. The zero-order chi connectivity index (χ0) is 18.1. The van der Waals surface area contributed by atoms with Crippen molar-refractivity contribution in [3.05, 3.63) is 23.8 Å². The van der Waals surface area contributed by atoms with Crippen molar-refractivity contribution in [3.63, 3.8) is 0 Å². The van der Waals surface area contributed by atoms with E-state index in [1.807, 2.05) is 32.0 Å². The molecule has 0 aromatic heterocycles. The third-order valence-electron chi connectivity index (χ3n) is 3.77. The maximum Gasteiger partial charge on any atom is 0.222 e. The van der Waals surface area contributed by atoms with Crippen molar-refractivity contribution in [2.24, 2.45) is 5.92 Å². The lowest BCUT2D eigenvalue weighted by Gasteiger charge is -2.22. The third kappa shape index (κ3) is 6.10. The molecular formula is C18H28N2O4. The van der Waals surface area contributed by atoms with Crippen LogP contribution in [0, 0.1) is 5.92 Å². The Labute approximate surface area is 144 Å². The number of methoxy groups -OCH3 is 2. The molecule has 24 heavy (non-hydrogen) atoms. The molecule has 0 unspecified atom stereocenters. The summed E-state index contributed by atoms with van der Waals surface area (Å²) in [5, 5.41) is 2.83. The minimum atomic E-state index is -0.0532.